The van der Waals surface area contributed by atoms with Crippen molar-refractivity contribution in [3.63, 3.8) is 0 Å². The van der Waals surface area contributed by atoms with Gasteiger partial charge < -0.3 is 10.3 Å². The first-order valence-electron chi connectivity index (χ1n) is 6.86. The third kappa shape index (κ3) is 2.23. The van der Waals surface area contributed by atoms with Crippen LogP contribution in [-0.4, -0.2) is 9.55 Å². The first kappa shape index (κ1) is 13.2. The molecule has 1 heterocycles. The molecule has 2 N–H and O–H groups in total. The second-order valence-electron chi connectivity index (χ2n) is 5.40. The first-order chi connectivity index (χ1) is 10.1. The maximum absolute atomic E-state index is 6.19. The van der Waals surface area contributed by atoms with E-state index in [2.05, 4.69) is 20.5 Å². The zero-order chi connectivity index (χ0) is 14.6. The SMILES string of the molecule is Nc1cc(Br)ccc1-c1nc2ccc(Cl)cc2n1C1CC1. The van der Waals surface area contributed by atoms with Gasteiger partial charge in [0.05, 0.1) is 11.0 Å². The highest BCUT2D eigenvalue weighted by molar-refractivity contribution is 9.10. The van der Waals surface area contributed by atoms with E-state index in [9.17, 15) is 0 Å². The predicted octanol–water partition coefficient (Wildman–Crippen LogP) is 5.04. The van der Waals surface area contributed by atoms with Gasteiger partial charge in [0.2, 0.25) is 0 Å². The smallest absolute Gasteiger partial charge is 0.143 e. The number of imidazole rings is 1. The summed E-state index contributed by atoms with van der Waals surface area (Å²) in [6, 6.07) is 12.3. The van der Waals surface area contributed by atoms with E-state index in [0.717, 1.165) is 37.6 Å². The average molecular weight is 363 g/mol. The topological polar surface area (TPSA) is 43.8 Å². The Morgan fingerprint density at radius 3 is 2.71 bits per heavy atom. The summed E-state index contributed by atoms with van der Waals surface area (Å²) >= 11 is 9.60. The van der Waals surface area contributed by atoms with Crippen molar-refractivity contribution in [1.82, 2.24) is 9.55 Å². The van der Waals surface area contributed by atoms with Gasteiger partial charge in [-0.3, -0.25) is 0 Å². The molecule has 1 saturated carbocycles. The average Bonchev–Trinajstić information content (AvgIpc) is 3.20. The Hall–Kier alpha value is -1.52. The van der Waals surface area contributed by atoms with E-state index in [1.165, 1.54) is 12.8 Å². The summed E-state index contributed by atoms with van der Waals surface area (Å²) in [6.07, 6.45) is 2.36. The Labute approximate surface area is 135 Å². The van der Waals surface area contributed by atoms with Gasteiger partial charge in [0.1, 0.15) is 5.82 Å². The second-order valence-corrected chi connectivity index (χ2v) is 6.75. The lowest BCUT2D eigenvalue weighted by molar-refractivity contribution is 0.775. The van der Waals surface area contributed by atoms with Crippen molar-refractivity contribution in [2.75, 3.05) is 5.73 Å². The molecule has 0 radical (unpaired) electrons. The number of anilines is 1. The normalized spacial score (nSPS) is 14.8. The highest BCUT2D eigenvalue weighted by Gasteiger charge is 2.29. The maximum atomic E-state index is 6.19. The quantitative estimate of drug-likeness (QED) is 0.649. The Kier molecular flexibility index (Phi) is 2.98. The minimum absolute atomic E-state index is 0.506. The number of rotatable bonds is 2. The highest BCUT2D eigenvalue weighted by Crippen LogP contribution is 2.42. The van der Waals surface area contributed by atoms with Crippen molar-refractivity contribution in [3.8, 4) is 11.4 Å². The molecule has 0 saturated heterocycles. The van der Waals surface area contributed by atoms with Crippen LogP contribution in [0.25, 0.3) is 22.4 Å². The van der Waals surface area contributed by atoms with Crippen molar-refractivity contribution in [3.05, 3.63) is 45.9 Å². The fourth-order valence-electron chi connectivity index (χ4n) is 2.70. The van der Waals surface area contributed by atoms with Gasteiger partial charge in [-0.2, -0.15) is 0 Å². The molecule has 2 aromatic carbocycles. The predicted molar refractivity (Wildman–Crippen MR) is 90.6 cm³/mol. The lowest BCUT2D eigenvalue weighted by Gasteiger charge is -2.10. The standard InChI is InChI=1S/C16H13BrClN3/c17-9-1-5-12(13(19)7-9)16-20-14-6-2-10(18)8-15(14)21(16)11-3-4-11/h1-2,5-8,11H,3-4,19H2. The molecule has 0 atom stereocenters. The minimum atomic E-state index is 0.506. The van der Waals surface area contributed by atoms with E-state index in [4.69, 9.17) is 22.3 Å². The minimum Gasteiger partial charge on any atom is -0.398 e. The molecule has 0 aliphatic heterocycles. The second kappa shape index (κ2) is 4.75. The monoisotopic (exact) mass is 361 g/mol. The Morgan fingerprint density at radius 2 is 2.00 bits per heavy atom. The molecule has 0 spiro atoms. The van der Waals surface area contributed by atoms with Crippen LogP contribution in [-0.2, 0) is 0 Å². The van der Waals surface area contributed by atoms with Crippen LogP contribution in [0.3, 0.4) is 0 Å². The molecule has 0 amide bonds. The van der Waals surface area contributed by atoms with Crippen LogP contribution >= 0.6 is 27.5 Å². The molecular formula is C16H13BrClN3. The van der Waals surface area contributed by atoms with Crippen LogP contribution in [0, 0.1) is 0 Å². The number of fused-ring (bicyclic) bond motifs is 1. The van der Waals surface area contributed by atoms with Crippen molar-refractivity contribution in [2.24, 2.45) is 0 Å². The molecule has 4 rings (SSSR count). The van der Waals surface area contributed by atoms with Crippen LogP contribution in [0.15, 0.2) is 40.9 Å². The zero-order valence-electron chi connectivity index (χ0n) is 11.2. The zero-order valence-corrected chi connectivity index (χ0v) is 13.5. The number of hydrogen-bond acceptors (Lipinski definition) is 2. The van der Waals surface area contributed by atoms with E-state index in [1.54, 1.807) is 0 Å². The lowest BCUT2D eigenvalue weighted by Crippen LogP contribution is -2.00. The summed E-state index contributed by atoms with van der Waals surface area (Å²) < 4.78 is 3.25. The Balaban J connectivity index is 2.01. The highest BCUT2D eigenvalue weighted by atomic mass is 79.9. The number of nitrogens with zero attached hydrogens (tertiary/aromatic N) is 2. The number of hydrogen-bond donors (Lipinski definition) is 1. The summed E-state index contributed by atoms with van der Waals surface area (Å²) in [5.41, 5.74) is 9.93. The molecule has 1 aliphatic carbocycles. The van der Waals surface area contributed by atoms with Gasteiger partial charge in [-0.15, -0.1) is 0 Å². The summed E-state index contributed by atoms with van der Waals surface area (Å²) in [5.74, 6) is 0.930. The summed E-state index contributed by atoms with van der Waals surface area (Å²) in [6.45, 7) is 0. The summed E-state index contributed by atoms with van der Waals surface area (Å²) in [7, 11) is 0. The Morgan fingerprint density at radius 1 is 1.19 bits per heavy atom. The molecule has 1 fully saturated rings. The van der Waals surface area contributed by atoms with Crippen molar-refractivity contribution in [1.29, 1.82) is 0 Å². The summed E-state index contributed by atoms with van der Waals surface area (Å²) in [4.78, 5) is 4.78. The molecule has 3 nitrogen and oxygen atoms in total. The van der Waals surface area contributed by atoms with Crippen molar-refractivity contribution >= 4 is 44.3 Å². The van der Waals surface area contributed by atoms with Gasteiger partial charge in [0.25, 0.3) is 0 Å². The molecule has 0 bridgehead atoms. The van der Waals surface area contributed by atoms with Crippen LogP contribution in [0.1, 0.15) is 18.9 Å². The Bertz CT molecular complexity index is 852. The van der Waals surface area contributed by atoms with Crippen LogP contribution in [0.2, 0.25) is 5.02 Å². The van der Waals surface area contributed by atoms with E-state index in [0.29, 0.717) is 6.04 Å². The number of nitrogen functional groups attached to an aromatic ring is 1. The van der Waals surface area contributed by atoms with Gasteiger partial charge in [-0.1, -0.05) is 27.5 Å². The molecule has 1 aliphatic rings. The number of aromatic nitrogens is 2. The molecule has 3 aromatic rings. The number of nitrogens with two attached hydrogens (primary N) is 1. The molecule has 106 valence electrons. The van der Waals surface area contributed by atoms with Gasteiger partial charge in [0.15, 0.2) is 0 Å². The van der Waals surface area contributed by atoms with E-state index >= 15 is 0 Å². The largest absolute Gasteiger partial charge is 0.398 e. The summed E-state index contributed by atoms with van der Waals surface area (Å²) in [5, 5.41) is 0.736. The van der Waals surface area contributed by atoms with Gasteiger partial charge in [-0.05, 0) is 49.2 Å². The molecule has 1 aromatic heterocycles. The first-order valence-corrected chi connectivity index (χ1v) is 8.03. The number of halogens is 2. The molecule has 5 heteroatoms. The van der Waals surface area contributed by atoms with Gasteiger partial charge in [-0.25, -0.2) is 4.98 Å². The van der Waals surface area contributed by atoms with Crippen LogP contribution < -0.4 is 5.73 Å². The van der Waals surface area contributed by atoms with Crippen LogP contribution in [0.5, 0.6) is 0 Å². The third-order valence-electron chi connectivity index (χ3n) is 3.82. The van der Waals surface area contributed by atoms with Gasteiger partial charge >= 0.3 is 0 Å². The van der Waals surface area contributed by atoms with Crippen LogP contribution in [0.4, 0.5) is 5.69 Å². The van der Waals surface area contributed by atoms with Crippen molar-refractivity contribution < 1.29 is 0 Å². The van der Waals surface area contributed by atoms with E-state index < -0.39 is 0 Å². The van der Waals surface area contributed by atoms with Gasteiger partial charge in [0, 0.05) is 26.8 Å². The fourth-order valence-corrected chi connectivity index (χ4v) is 3.24. The number of benzene rings is 2. The van der Waals surface area contributed by atoms with E-state index in [-0.39, 0.29) is 0 Å². The molecule has 0 unspecified atom stereocenters. The lowest BCUT2D eigenvalue weighted by atomic mass is 10.1. The molecule has 21 heavy (non-hydrogen) atoms. The molecular weight excluding hydrogens is 350 g/mol. The van der Waals surface area contributed by atoms with E-state index in [1.807, 2.05) is 36.4 Å². The maximum Gasteiger partial charge on any atom is 0.143 e. The van der Waals surface area contributed by atoms with Crippen molar-refractivity contribution in [2.45, 2.75) is 18.9 Å². The third-order valence-corrected chi connectivity index (χ3v) is 4.55. The fraction of sp³-hybridized carbons (Fsp3) is 0.188.